The Morgan fingerprint density at radius 2 is 2.19 bits per heavy atom. The van der Waals surface area contributed by atoms with Crippen LogP contribution in [0.15, 0.2) is 17.1 Å². The Morgan fingerprint density at radius 3 is 3.00 bits per heavy atom. The summed E-state index contributed by atoms with van der Waals surface area (Å²) >= 11 is 6.32. The maximum Gasteiger partial charge on any atom is 0.193 e. The predicted octanol–water partition coefficient (Wildman–Crippen LogP) is 2.17. The molecule has 1 saturated heterocycles. The van der Waals surface area contributed by atoms with Crippen molar-refractivity contribution < 1.29 is 18.9 Å². The number of nitrogens with one attached hydrogen (secondary N) is 1. The Hall–Kier alpha value is -1.70. The molecule has 3 rings (SSSR count). The molecular formula is C19H28ClN3O4. The summed E-state index contributed by atoms with van der Waals surface area (Å²) < 4.78 is 21.9. The molecule has 2 aliphatic rings. The third-order valence-corrected chi connectivity index (χ3v) is 4.97. The van der Waals surface area contributed by atoms with E-state index in [0.717, 1.165) is 37.6 Å². The molecule has 1 atom stereocenters. The number of rotatable bonds is 7. The fourth-order valence-corrected chi connectivity index (χ4v) is 3.62. The number of benzene rings is 1. The molecule has 1 unspecified atom stereocenters. The van der Waals surface area contributed by atoms with Gasteiger partial charge in [0.2, 0.25) is 0 Å². The van der Waals surface area contributed by atoms with Crippen LogP contribution in [0.5, 0.6) is 11.5 Å². The number of methoxy groups -OCH3 is 1. The Kier molecular flexibility index (Phi) is 7.43. The molecular weight excluding hydrogens is 370 g/mol. The summed E-state index contributed by atoms with van der Waals surface area (Å²) in [6.07, 6.45) is 1.10. The number of aliphatic imine (C=N–C) groups is 1. The zero-order valence-electron chi connectivity index (χ0n) is 16.0. The first-order valence-corrected chi connectivity index (χ1v) is 9.69. The van der Waals surface area contributed by atoms with Crippen molar-refractivity contribution in [1.82, 2.24) is 10.2 Å². The highest BCUT2D eigenvalue weighted by Crippen LogP contribution is 2.38. The van der Waals surface area contributed by atoms with E-state index in [-0.39, 0.29) is 0 Å². The number of guanidine groups is 1. The van der Waals surface area contributed by atoms with Gasteiger partial charge in [0, 0.05) is 39.7 Å². The topological polar surface area (TPSA) is 64.6 Å². The van der Waals surface area contributed by atoms with Crippen LogP contribution in [0.2, 0.25) is 5.02 Å². The van der Waals surface area contributed by atoms with Crippen molar-refractivity contribution in [3.63, 3.8) is 0 Å². The van der Waals surface area contributed by atoms with Crippen molar-refractivity contribution >= 4 is 17.6 Å². The maximum atomic E-state index is 6.32. The quantitative estimate of drug-likeness (QED) is 0.432. The second-order valence-corrected chi connectivity index (χ2v) is 7.08. The van der Waals surface area contributed by atoms with Crippen LogP contribution in [0.4, 0.5) is 0 Å². The number of fused-ring (bicyclic) bond motifs is 1. The lowest BCUT2D eigenvalue weighted by Gasteiger charge is -2.23. The zero-order chi connectivity index (χ0) is 19.1. The van der Waals surface area contributed by atoms with Gasteiger partial charge in [-0.3, -0.25) is 4.99 Å². The van der Waals surface area contributed by atoms with Crippen molar-refractivity contribution in [2.24, 2.45) is 10.9 Å². The SMILES string of the molecule is CN=C(NCc1cc(Cl)c2c(c1)OCCO2)N1CCC(COCCOC)C1. The molecule has 0 aliphatic carbocycles. The summed E-state index contributed by atoms with van der Waals surface area (Å²) in [7, 11) is 3.49. The molecule has 1 N–H and O–H groups in total. The van der Waals surface area contributed by atoms with E-state index >= 15 is 0 Å². The minimum atomic E-state index is 0.518. The van der Waals surface area contributed by atoms with E-state index in [1.165, 1.54) is 0 Å². The van der Waals surface area contributed by atoms with Gasteiger partial charge >= 0.3 is 0 Å². The van der Waals surface area contributed by atoms with Crippen molar-refractivity contribution in [2.45, 2.75) is 13.0 Å². The molecule has 0 aromatic heterocycles. The molecule has 8 heteroatoms. The summed E-state index contributed by atoms with van der Waals surface area (Å²) in [6.45, 7) is 5.64. The van der Waals surface area contributed by atoms with Gasteiger partial charge in [0.25, 0.3) is 0 Å². The van der Waals surface area contributed by atoms with Crippen molar-refractivity contribution in [2.75, 3.05) is 60.3 Å². The molecule has 150 valence electrons. The monoisotopic (exact) mass is 397 g/mol. The molecule has 0 bridgehead atoms. The second kappa shape index (κ2) is 10.0. The van der Waals surface area contributed by atoms with E-state index in [1.807, 2.05) is 19.2 Å². The number of halogens is 1. The van der Waals surface area contributed by atoms with E-state index in [1.54, 1.807) is 7.11 Å². The largest absolute Gasteiger partial charge is 0.486 e. The third kappa shape index (κ3) is 5.40. The molecule has 0 radical (unpaired) electrons. The van der Waals surface area contributed by atoms with Gasteiger partial charge in [-0.25, -0.2) is 0 Å². The molecule has 1 fully saturated rings. The van der Waals surface area contributed by atoms with Crippen LogP contribution in [-0.2, 0) is 16.0 Å². The number of nitrogens with zero attached hydrogens (tertiary/aromatic N) is 2. The Morgan fingerprint density at radius 1 is 1.33 bits per heavy atom. The third-order valence-electron chi connectivity index (χ3n) is 4.69. The van der Waals surface area contributed by atoms with Crippen LogP contribution in [0.25, 0.3) is 0 Å². The van der Waals surface area contributed by atoms with Crippen molar-refractivity contribution in [3.8, 4) is 11.5 Å². The first-order chi connectivity index (χ1) is 13.2. The second-order valence-electron chi connectivity index (χ2n) is 6.67. The highest BCUT2D eigenvalue weighted by Gasteiger charge is 2.25. The summed E-state index contributed by atoms with van der Waals surface area (Å²) in [5.74, 6) is 2.74. The smallest absolute Gasteiger partial charge is 0.193 e. The van der Waals surface area contributed by atoms with E-state index in [9.17, 15) is 0 Å². The van der Waals surface area contributed by atoms with Crippen LogP contribution in [-0.4, -0.2) is 71.1 Å². The molecule has 27 heavy (non-hydrogen) atoms. The molecule has 1 aromatic carbocycles. The summed E-state index contributed by atoms with van der Waals surface area (Å²) in [4.78, 5) is 6.69. The van der Waals surface area contributed by atoms with Crippen LogP contribution < -0.4 is 14.8 Å². The van der Waals surface area contributed by atoms with Gasteiger partial charge in [-0.2, -0.15) is 0 Å². The predicted molar refractivity (Wildman–Crippen MR) is 105 cm³/mol. The number of hydrogen-bond acceptors (Lipinski definition) is 5. The minimum absolute atomic E-state index is 0.518. The number of hydrogen-bond donors (Lipinski definition) is 1. The van der Waals surface area contributed by atoms with Gasteiger partial charge in [-0.05, 0) is 24.1 Å². The molecule has 2 aliphatic heterocycles. The summed E-state index contributed by atoms with van der Waals surface area (Å²) in [5, 5.41) is 4.00. The Bertz CT molecular complexity index is 656. The lowest BCUT2D eigenvalue weighted by molar-refractivity contribution is 0.0536. The minimum Gasteiger partial charge on any atom is -0.486 e. The van der Waals surface area contributed by atoms with Gasteiger partial charge in [-0.15, -0.1) is 0 Å². The Balaban J connectivity index is 1.50. The van der Waals surface area contributed by atoms with E-state index < -0.39 is 0 Å². The van der Waals surface area contributed by atoms with Gasteiger partial charge in [0.05, 0.1) is 24.8 Å². The highest BCUT2D eigenvalue weighted by atomic mass is 35.5. The normalized spacial score (nSPS) is 19.4. The molecule has 2 heterocycles. The fraction of sp³-hybridized carbons (Fsp3) is 0.632. The average molecular weight is 398 g/mol. The Labute approximate surface area is 165 Å². The highest BCUT2D eigenvalue weighted by molar-refractivity contribution is 6.32. The maximum absolute atomic E-state index is 6.32. The van der Waals surface area contributed by atoms with Gasteiger partial charge in [0.1, 0.15) is 13.2 Å². The van der Waals surface area contributed by atoms with Crippen LogP contribution in [0, 0.1) is 5.92 Å². The van der Waals surface area contributed by atoms with Crippen LogP contribution >= 0.6 is 11.6 Å². The fourth-order valence-electron chi connectivity index (χ4n) is 3.33. The first kappa shape index (κ1) is 20.0. The van der Waals surface area contributed by atoms with E-state index in [4.69, 9.17) is 30.5 Å². The standard InChI is InChI=1S/C19H28ClN3O4/c1-21-19(23-4-3-14(12-23)13-25-6-5-24-2)22-11-15-9-16(20)18-17(10-15)26-7-8-27-18/h9-10,14H,3-8,11-13H2,1-2H3,(H,21,22). The van der Waals surface area contributed by atoms with Gasteiger partial charge in [0.15, 0.2) is 17.5 Å². The lowest BCUT2D eigenvalue weighted by atomic mass is 10.1. The summed E-state index contributed by atoms with van der Waals surface area (Å²) in [5.41, 5.74) is 1.03. The lowest BCUT2D eigenvalue weighted by Crippen LogP contribution is -2.39. The molecule has 7 nitrogen and oxygen atoms in total. The van der Waals surface area contributed by atoms with Crippen LogP contribution in [0.3, 0.4) is 0 Å². The van der Waals surface area contributed by atoms with Crippen molar-refractivity contribution in [3.05, 3.63) is 22.7 Å². The zero-order valence-corrected chi connectivity index (χ0v) is 16.8. The van der Waals surface area contributed by atoms with Gasteiger partial charge in [-0.1, -0.05) is 11.6 Å². The first-order valence-electron chi connectivity index (χ1n) is 9.31. The van der Waals surface area contributed by atoms with Crippen molar-refractivity contribution in [1.29, 1.82) is 0 Å². The molecule has 1 aromatic rings. The number of ether oxygens (including phenoxy) is 4. The van der Waals surface area contributed by atoms with E-state index in [0.29, 0.717) is 55.4 Å². The molecule has 0 amide bonds. The van der Waals surface area contributed by atoms with Crippen LogP contribution in [0.1, 0.15) is 12.0 Å². The summed E-state index contributed by atoms with van der Waals surface area (Å²) in [6, 6.07) is 3.88. The van der Waals surface area contributed by atoms with E-state index in [2.05, 4.69) is 15.2 Å². The van der Waals surface area contributed by atoms with Gasteiger partial charge < -0.3 is 29.2 Å². The molecule has 0 saturated carbocycles. The molecule has 0 spiro atoms. The number of likely N-dealkylation sites (tertiary alicyclic amines) is 1. The average Bonchev–Trinajstić information content (AvgIpc) is 3.15.